The predicted molar refractivity (Wildman–Crippen MR) is 74.8 cm³/mol. The largest absolute Gasteiger partial charge is 0.348 e. The highest BCUT2D eigenvalue weighted by atomic mass is 16.2. The molecule has 4 heterocycles. The normalized spacial score (nSPS) is 30.8. The molecule has 2 bridgehead atoms. The van der Waals surface area contributed by atoms with Crippen molar-refractivity contribution in [2.75, 3.05) is 19.6 Å². The van der Waals surface area contributed by atoms with Gasteiger partial charge in [0, 0.05) is 38.1 Å². The van der Waals surface area contributed by atoms with Gasteiger partial charge in [0.1, 0.15) is 5.82 Å². The van der Waals surface area contributed by atoms with E-state index in [0.717, 1.165) is 44.3 Å². The molecular formula is C15H22N4O. The number of fused-ring (bicyclic) bond motifs is 4. The molecule has 4 aliphatic rings. The van der Waals surface area contributed by atoms with Gasteiger partial charge >= 0.3 is 0 Å². The molecule has 5 heteroatoms. The molecule has 0 radical (unpaired) electrons. The highest BCUT2D eigenvalue weighted by Crippen LogP contribution is 2.35. The third-order valence-corrected chi connectivity index (χ3v) is 4.95. The smallest absolute Gasteiger partial charge is 0.227 e. The van der Waals surface area contributed by atoms with Gasteiger partial charge in [-0.15, -0.1) is 0 Å². The Morgan fingerprint density at radius 1 is 1.25 bits per heavy atom. The Bertz CT molecular complexity index is 482. The molecule has 5 rings (SSSR count). The fourth-order valence-electron chi connectivity index (χ4n) is 3.67. The summed E-state index contributed by atoms with van der Waals surface area (Å²) in [5.74, 6) is 2.42. The lowest BCUT2D eigenvalue weighted by atomic mass is 9.94. The summed E-state index contributed by atoms with van der Waals surface area (Å²) in [5.41, 5.74) is 0. The number of aromatic amines is 1. The summed E-state index contributed by atoms with van der Waals surface area (Å²) in [6, 6.07) is 0.428. The van der Waals surface area contributed by atoms with Crippen molar-refractivity contribution in [1.29, 1.82) is 0 Å². The molecule has 1 aromatic rings. The third-order valence-electron chi connectivity index (χ3n) is 4.95. The van der Waals surface area contributed by atoms with Crippen molar-refractivity contribution < 1.29 is 4.79 Å². The molecule has 4 fully saturated rings. The highest BCUT2D eigenvalue weighted by Gasteiger charge is 2.42. The molecule has 1 aromatic heterocycles. The van der Waals surface area contributed by atoms with E-state index in [2.05, 4.69) is 19.8 Å². The van der Waals surface area contributed by atoms with Gasteiger partial charge in [-0.25, -0.2) is 4.98 Å². The van der Waals surface area contributed by atoms with Crippen LogP contribution in [-0.2, 0) is 11.3 Å². The van der Waals surface area contributed by atoms with E-state index in [0.29, 0.717) is 11.9 Å². The van der Waals surface area contributed by atoms with Crippen LogP contribution in [-0.4, -0.2) is 51.4 Å². The van der Waals surface area contributed by atoms with Gasteiger partial charge in [0.25, 0.3) is 0 Å². The van der Waals surface area contributed by atoms with Crippen LogP contribution in [0.1, 0.15) is 31.5 Å². The van der Waals surface area contributed by atoms with Crippen molar-refractivity contribution in [1.82, 2.24) is 19.8 Å². The van der Waals surface area contributed by atoms with Gasteiger partial charge in [0.05, 0.1) is 12.5 Å². The number of carbonyl (C=O) groups is 1. The van der Waals surface area contributed by atoms with Crippen LogP contribution in [0.15, 0.2) is 12.4 Å². The quantitative estimate of drug-likeness (QED) is 0.899. The molecule has 0 spiro atoms. The number of piperidine rings is 1. The number of amides is 1. The van der Waals surface area contributed by atoms with Gasteiger partial charge in [0.15, 0.2) is 0 Å². The number of imidazole rings is 1. The SMILES string of the molecule is O=C1[C@@H]2CC[C@@H](CN(Cc3ncc[nH]3)C2)N1CC1CC1. The lowest BCUT2D eigenvalue weighted by molar-refractivity contribution is -0.140. The molecule has 0 aromatic carbocycles. The van der Waals surface area contributed by atoms with Gasteiger partial charge in [-0.3, -0.25) is 9.69 Å². The summed E-state index contributed by atoms with van der Waals surface area (Å²) in [7, 11) is 0. The number of H-pyrrole nitrogens is 1. The van der Waals surface area contributed by atoms with E-state index in [1.165, 1.54) is 19.3 Å². The second-order valence-corrected chi connectivity index (χ2v) is 6.59. The van der Waals surface area contributed by atoms with Crippen LogP contribution in [0.5, 0.6) is 0 Å². The molecule has 2 atom stereocenters. The predicted octanol–water partition coefficient (Wildman–Crippen LogP) is 1.24. The molecule has 0 unspecified atom stereocenters. The average Bonchev–Trinajstić information content (AvgIpc) is 3.17. The zero-order valence-electron chi connectivity index (χ0n) is 11.8. The van der Waals surface area contributed by atoms with Crippen LogP contribution in [0.25, 0.3) is 0 Å². The van der Waals surface area contributed by atoms with Crippen LogP contribution >= 0.6 is 0 Å². The number of aromatic nitrogens is 2. The van der Waals surface area contributed by atoms with E-state index in [9.17, 15) is 4.79 Å². The molecule has 1 N–H and O–H groups in total. The first-order valence-corrected chi connectivity index (χ1v) is 7.80. The van der Waals surface area contributed by atoms with Gasteiger partial charge in [-0.1, -0.05) is 0 Å². The monoisotopic (exact) mass is 274 g/mol. The summed E-state index contributed by atoms with van der Waals surface area (Å²) >= 11 is 0. The first-order valence-electron chi connectivity index (χ1n) is 7.80. The standard InChI is InChI=1S/C15H22N4O/c20-15-12-3-4-13(19(15)7-11-1-2-11)9-18(8-12)10-14-16-5-6-17-14/h5-6,11-13H,1-4,7-10H2,(H,16,17)/t12-,13+/m1/s1. The third kappa shape index (κ3) is 2.35. The Hall–Kier alpha value is -1.36. The Morgan fingerprint density at radius 2 is 2.15 bits per heavy atom. The molecule has 5 nitrogen and oxygen atoms in total. The number of nitrogens with one attached hydrogen (secondary N) is 1. The van der Waals surface area contributed by atoms with Crippen molar-refractivity contribution in [3.8, 4) is 0 Å². The number of nitrogens with zero attached hydrogens (tertiary/aromatic N) is 3. The topological polar surface area (TPSA) is 52.2 Å². The zero-order valence-corrected chi connectivity index (χ0v) is 11.8. The minimum absolute atomic E-state index is 0.211. The van der Waals surface area contributed by atoms with Crippen molar-refractivity contribution in [2.45, 2.75) is 38.3 Å². The molecule has 1 amide bonds. The molecule has 108 valence electrons. The average molecular weight is 274 g/mol. The second kappa shape index (κ2) is 4.88. The van der Waals surface area contributed by atoms with E-state index in [1.807, 2.05) is 6.20 Å². The van der Waals surface area contributed by atoms with E-state index in [4.69, 9.17) is 0 Å². The second-order valence-electron chi connectivity index (χ2n) is 6.59. The van der Waals surface area contributed by atoms with Gasteiger partial charge < -0.3 is 9.88 Å². The summed E-state index contributed by atoms with van der Waals surface area (Å²) in [6.45, 7) is 3.76. The molecule has 1 saturated carbocycles. The summed E-state index contributed by atoms with van der Waals surface area (Å²) in [4.78, 5) is 24.7. The van der Waals surface area contributed by atoms with Crippen LogP contribution < -0.4 is 0 Å². The van der Waals surface area contributed by atoms with Crippen molar-refractivity contribution in [2.24, 2.45) is 11.8 Å². The van der Waals surface area contributed by atoms with Gasteiger partial charge in [0.2, 0.25) is 5.91 Å². The fourth-order valence-corrected chi connectivity index (χ4v) is 3.67. The number of hydrogen-bond donors (Lipinski definition) is 1. The highest BCUT2D eigenvalue weighted by molar-refractivity contribution is 5.80. The molecule has 3 aliphatic heterocycles. The Morgan fingerprint density at radius 3 is 2.90 bits per heavy atom. The van der Waals surface area contributed by atoms with E-state index in [-0.39, 0.29) is 5.92 Å². The van der Waals surface area contributed by atoms with Crippen molar-refractivity contribution in [3.05, 3.63) is 18.2 Å². The summed E-state index contributed by atoms with van der Waals surface area (Å²) in [6.07, 6.45) is 8.55. The van der Waals surface area contributed by atoms with Gasteiger partial charge in [-0.05, 0) is 31.6 Å². The van der Waals surface area contributed by atoms with Crippen molar-refractivity contribution >= 4 is 5.91 Å². The van der Waals surface area contributed by atoms with Crippen LogP contribution in [0.4, 0.5) is 0 Å². The minimum Gasteiger partial charge on any atom is -0.348 e. The first-order chi connectivity index (χ1) is 9.79. The number of hydrogen-bond acceptors (Lipinski definition) is 3. The number of carbonyl (C=O) groups excluding carboxylic acids is 1. The maximum absolute atomic E-state index is 12.6. The summed E-state index contributed by atoms with van der Waals surface area (Å²) in [5, 5.41) is 0. The zero-order chi connectivity index (χ0) is 13.5. The van der Waals surface area contributed by atoms with Crippen LogP contribution in [0.3, 0.4) is 0 Å². The molecule has 20 heavy (non-hydrogen) atoms. The van der Waals surface area contributed by atoms with Crippen LogP contribution in [0.2, 0.25) is 0 Å². The van der Waals surface area contributed by atoms with Crippen molar-refractivity contribution in [3.63, 3.8) is 0 Å². The molecule has 3 saturated heterocycles. The number of rotatable bonds is 4. The maximum atomic E-state index is 12.6. The molecular weight excluding hydrogens is 252 g/mol. The minimum atomic E-state index is 0.211. The Kier molecular flexibility index (Phi) is 3.02. The Labute approximate surface area is 119 Å². The first kappa shape index (κ1) is 12.4. The van der Waals surface area contributed by atoms with E-state index < -0.39 is 0 Å². The maximum Gasteiger partial charge on any atom is 0.227 e. The Balaban J connectivity index is 1.48. The lowest BCUT2D eigenvalue weighted by Gasteiger charge is -2.36. The van der Waals surface area contributed by atoms with E-state index in [1.54, 1.807) is 6.20 Å². The summed E-state index contributed by atoms with van der Waals surface area (Å²) < 4.78 is 0. The van der Waals surface area contributed by atoms with Gasteiger partial charge in [-0.2, -0.15) is 0 Å². The molecule has 1 aliphatic carbocycles. The fraction of sp³-hybridized carbons (Fsp3) is 0.733. The lowest BCUT2D eigenvalue weighted by Crippen LogP contribution is -2.48. The van der Waals surface area contributed by atoms with E-state index >= 15 is 0 Å². The van der Waals surface area contributed by atoms with Crippen LogP contribution in [0, 0.1) is 11.8 Å².